The lowest BCUT2D eigenvalue weighted by molar-refractivity contribution is -0.117. The Labute approximate surface area is 147 Å². The minimum atomic E-state index is -0.572. The van der Waals surface area contributed by atoms with Crippen molar-refractivity contribution in [2.75, 3.05) is 5.32 Å². The second-order valence-electron chi connectivity index (χ2n) is 6.92. The molecule has 23 heavy (non-hydrogen) atoms. The fourth-order valence-corrected chi connectivity index (χ4v) is 2.53. The fraction of sp³-hybridized carbons (Fsp3) is 0.529. The molecule has 0 saturated heterocycles. The molecule has 0 aliphatic heterocycles. The summed E-state index contributed by atoms with van der Waals surface area (Å²) < 4.78 is 19.4. The van der Waals surface area contributed by atoms with E-state index in [2.05, 4.69) is 5.32 Å². The van der Waals surface area contributed by atoms with Crippen molar-refractivity contribution in [2.24, 2.45) is 5.41 Å². The van der Waals surface area contributed by atoms with Crippen molar-refractivity contribution in [3.8, 4) is 0 Å². The highest BCUT2D eigenvalue weighted by molar-refractivity contribution is 7.80. The second-order valence-corrected chi connectivity index (χ2v) is 7.79. The van der Waals surface area contributed by atoms with Crippen LogP contribution in [0.2, 0.25) is 5.02 Å². The lowest BCUT2D eigenvalue weighted by Gasteiger charge is -2.18. The van der Waals surface area contributed by atoms with Gasteiger partial charge in [0.2, 0.25) is 5.91 Å². The maximum absolute atomic E-state index is 14.0. The van der Waals surface area contributed by atoms with Gasteiger partial charge < -0.3 is 10.1 Å². The largest absolute Gasteiger partial charge is 0.484 e. The van der Waals surface area contributed by atoms with Crippen LogP contribution in [0.25, 0.3) is 0 Å². The highest BCUT2D eigenvalue weighted by Crippen LogP contribution is 2.26. The Balaban J connectivity index is 2.91. The van der Waals surface area contributed by atoms with Crippen LogP contribution in [0.15, 0.2) is 12.1 Å². The number of thiocarbonyl (C=S) groups is 1. The molecule has 0 radical (unpaired) electrons. The van der Waals surface area contributed by atoms with Gasteiger partial charge in [-0.1, -0.05) is 32.4 Å². The van der Waals surface area contributed by atoms with Gasteiger partial charge in [0, 0.05) is 17.9 Å². The number of carbonyl (C=O) groups excluding carboxylic acids is 1. The summed E-state index contributed by atoms with van der Waals surface area (Å²) in [5.41, 5.74) is 0.540. The van der Waals surface area contributed by atoms with Gasteiger partial charge in [0.05, 0.1) is 11.8 Å². The zero-order chi connectivity index (χ0) is 17.8. The Bertz CT molecular complexity index is 597. The topological polar surface area (TPSA) is 38.3 Å². The smallest absolute Gasteiger partial charge is 0.224 e. The molecule has 0 spiro atoms. The van der Waals surface area contributed by atoms with Crippen LogP contribution < -0.4 is 5.32 Å². The Morgan fingerprint density at radius 2 is 2.00 bits per heavy atom. The van der Waals surface area contributed by atoms with Crippen LogP contribution in [0.1, 0.15) is 46.6 Å². The number of halogens is 2. The Morgan fingerprint density at radius 3 is 2.52 bits per heavy atom. The summed E-state index contributed by atoms with van der Waals surface area (Å²) in [5.74, 6) is -0.817. The molecule has 0 aromatic heterocycles. The average Bonchev–Trinajstić information content (AvgIpc) is 2.31. The van der Waals surface area contributed by atoms with Crippen LogP contribution in [0.4, 0.5) is 10.1 Å². The molecule has 1 N–H and O–H groups in total. The first kappa shape index (κ1) is 19.8. The number of hydrogen-bond donors (Lipinski definition) is 1. The number of ether oxygens (including phenoxy) is 1. The van der Waals surface area contributed by atoms with E-state index in [1.54, 1.807) is 0 Å². The number of carbonyl (C=O) groups is 1. The van der Waals surface area contributed by atoms with E-state index in [-0.39, 0.29) is 34.6 Å². The number of rotatable bonds is 5. The van der Waals surface area contributed by atoms with Crippen LogP contribution in [0.5, 0.6) is 0 Å². The van der Waals surface area contributed by atoms with E-state index in [9.17, 15) is 9.18 Å². The van der Waals surface area contributed by atoms with E-state index in [4.69, 9.17) is 28.6 Å². The summed E-state index contributed by atoms with van der Waals surface area (Å²) in [7, 11) is 0. The third-order valence-electron chi connectivity index (χ3n) is 2.80. The Kier molecular flexibility index (Phi) is 6.96. The van der Waals surface area contributed by atoms with Gasteiger partial charge in [0.15, 0.2) is 5.05 Å². The first-order valence-electron chi connectivity index (χ1n) is 7.45. The molecular weight excluding hydrogens is 337 g/mol. The first-order chi connectivity index (χ1) is 10.5. The van der Waals surface area contributed by atoms with Gasteiger partial charge in [-0.3, -0.25) is 4.79 Å². The minimum Gasteiger partial charge on any atom is -0.484 e. The molecule has 0 bridgehead atoms. The summed E-state index contributed by atoms with van der Waals surface area (Å²) in [6.45, 7) is 9.57. The van der Waals surface area contributed by atoms with Crippen molar-refractivity contribution in [2.45, 2.75) is 53.6 Å². The zero-order valence-electron chi connectivity index (χ0n) is 14.1. The molecule has 0 atom stereocenters. The normalized spacial score (nSPS) is 11.5. The van der Waals surface area contributed by atoms with Crippen molar-refractivity contribution in [3.63, 3.8) is 0 Å². The second kappa shape index (κ2) is 8.06. The van der Waals surface area contributed by atoms with Crippen molar-refractivity contribution in [1.82, 2.24) is 0 Å². The van der Waals surface area contributed by atoms with Gasteiger partial charge in [-0.25, -0.2) is 4.39 Å². The van der Waals surface area contributed by atoms with Crippen molar-refractivity contribution < 1.29 is 13.9 Å². The van der Waals surface area contributed by atoms with Gasteiger partial charge in [-0.2, -0.15) is 0 Å². The van der Waals surface area contributed by atoms with Gasteiger partial charge in [0.1, 0.15) is 5.82 Å². The number of amides is 1. The average molecular weight is 360 g/mol. The van der Waals surface area contributed by atoms with Gasteiger partial charge in [-0.15, -0.1) is 0 Å². The van der Waals surface area contributed by atoms with Crippen LogP contribution in [0.3, 0.4) is 0 Å². The van der Waals surface area contributed by atoms with E-state index in [0.29, 0.717) is 17.0 Å². The van der Waals surface area contributed by atoms with Crippen molar-refractivity contribution >= 4 is 40.5 Å². The molecule has 6 heteroatoms. The Hall–Kier alpha value is -1.20. The van der Waals surface area contributed by atoms with E-state index in [1.165, 1.54) is 12.1 Å². The molecule has 1 amide bonds. The number of anilines is 1. The molecular formula is C17H23ClFNO2S. The van der Waals surface area contributed by atoms with Gasteiger partial charge >= 0.3 is 0 Å². The zero-order valence-corrected chi connectivity index (χ0v) is 15.7. The lowest BCUT2D eigenvalue weighted by Crippen LogP contribution is -2.20. The summed E-state index contributed by atoms with van der Waals surface area (Å²) >= 11 is 11.2. The summed E-state index contributed by atoms with van der Waals surface area (Å²) in [4.78, 5) is 12.0. The highest BCUT2D eigenvalue weighted by atomic mass is 35.5. The van der Waals surface area contributed by atoms with Crippen LogP contribution >= 0.6 is 23.8 Å². The summed E-state index contributed by atoms with van der Waals surface area (Å²) in [6.07, 6.45) is 0.543. The van der Waals surface area contributed by atoms with E-state index in [0.717, 1.165) is 0 Å². The molecule has 1 rings (SSSR count). The molecule has 0 aliphatic rings. The van der Waals surface area contributed by atoms with Crippen LogP contribution in [-0.4, -0.2) is 17.1 Å². The molecule has 0 fully saturated rings. The molecule has 1 aromatic carbocycles. The van der Waals surface area contributed by atoms with Crippen molar-refractivity contribution in [3.05, 3.63) is 28.5 Å². The minimum absolute atomic E-state index is 0.0346. The quantitative estimate of drug-likeness (QED) is 0.739. The third-order valence-corrected chi connectivity index (χ3v) is 3.40. The van der Waals surface area contributed by atoms with Gasteiger partial charge in [0.25, 0.3) is 0 Å². The highest BCUT2D eigenvalue weighted by Gasteiger charge is 2.18. The monoisotopic (exact) mass is 359 g/mol. The van der Waals surface area contributed by atoms with Crippen LogP contribution in [0, 0.1) is 11.2 Å². The van der Waals surface area contributed by atoms with E-state index < -0.39 is 5.82 Å². The maximum Gasteiger partial charge on any atom is 0.224 e. The molecule has 0 aliphatic carbocycles. The molecule has 3 nitrogen and oxygen atoms in total. The van der Waals surface area contributed by atoms with E-state index >= 15 is 0 Å². The summed E-state index contributed by atoms with van der Waals surface area (Å²) in [6, 6.07) is 2.69. The molecule has 128 valence electrons. The lowest BCUT2D eigenvalue weighted by atomic mass is 9.92. The number of hydrogen-bond acceptors (Lipinski definition) is 3. The fourth-order valence-electron chi connectivity index (χ4n) is 1.96. The molecule has 0 unspecified atom stereocenters. The molecule has 0 saturated carbocycles. The standard InChI is InChI=1S/C17H23ClFNO2S/c1-10(2)22-16(23)7-11-6-14(13(19)8-12(11)18)20-15(21)9-17(3,4)5/h6,8,10H,7,9H2,1-5H3,(H,20,21). The first-order valence-corrected chi connectivity index (χ1v) is 8.24. The van der Waals surface area contributed by atoms with E-state index in [1.807, 2.05) is 34.6 Å². The molecule has 0 heterocycles. The maximum atomic E-state index is 14.0. The molecule has 1 aromatic rings. The van der Waals surface area contributed by atoms with Gasteiger partial charge in [-0.05, 0) is 49.2 Å². The number of nitrogens with one attached hydrogen (secondary N) is 1. The summed E-state index contributed by atoms with van der Waals surface area (Å²) in [5, 5.41) is 3.22. The van der Waals surface area contributed by atoms with Crippen molar-refractivity contribution in [1.29, 1.82) is 0 Å². The Morgan fingerprint density at radius 1 is 1.39 bits per heavy atom. The predicted octanol–water partition coefficient (Wildman–Crippen LogP) is 5.15. The van der Waals surface area contributed by atoms with Crippen LogP contribution in [-0.2, 0) is 16.0 Å². The SMILES string of the molecule is CC(C)OC(=S)Cc1cc(NC(=O)CC(C)(C)C)c(F)cc1Cl. The number of benzene rings is 1. The third kappa shape index (κ3) is 7.27. The predicted molar refractivity (Wildman–Crippen MR) is 96.6 cm³/mol.